The normalized spacial score (nSPS) is 23.8. The zero-order valence-electron chi connectivity index (χ0n) is 15.0. The monoisotopic (exact) mass is 324 g/mol. The molecule has 23 heavy (non-hydrogen) atoms. The van der Waals surface area contributed by atoms with Gasteiger partial charge in [0.05, 0.1) is 18.1 Å². The van der Waals surface area contributed by atoms with Gasteiger partial charge in [-0.05, 0) is 33.6 Å². The minimum absolute atomic E-state index is 0.0264. The highest BCUT2D eigenvalue weighted by Crippen LogP contribution is 2.67. The van der Waals surface area contributed by atoms with Crippen molar-refractivity contribution >= 4 is 0 Å². The fourth-order valence-corrected chi connectivity index (χ4v) is 3.86. The number of nitriles is 2. The van der Waals surface area contributed by atoms with E-state index < -0.39 is 22.9 Å². The van der Waals surface area contributed by atoms with Gasteiger partial charge in [-0.2, -0.15) is 10.5 Å². The number of hydrogen-bond acceptors (Lipinski definition) is 6. The van der Waals surface area contributed by atoms with E-state index in [1.54, 1.807) is 13.8 Å². The number of ether oxygens (including phenoxy) is 4. The Kier molecular flexibility index (Phi) is 6.56. The van der Waals surface area contributed by atoms with E-state index in [1.807, 2.05) is 27.7 Å². The molecule has 0 saturated heterocycles. The molecular formula is C17H28N2O4. The van der Waals surface area contributed by atoms with Crippen LogP contribution in [0.15, 0.2) is 0 Å². The second kappa shape index (κ2) is 7.59. The van der Waals surface area contributed by atoms with Crippen molar-refractivity contribution in [1.29, 1.82) is 10.5 Å². The zero-order valence-corrected chi connectivity index (χ0v) is 15.0. The molecule has 1 atom stereocenters. The van der Waals surface area contributed by atoms with Crippen molar-refractivity contribution in [3.63, 3.8) is 0 Å². The van der Waals surface area contributed by atoms with Crippen LogP contribution >= 0.6 is 0 Å². The molecule has 0 aliphatic heterocycles. The molecule has 0 unspecified atom stereocenters. The van der Waals surface area contributed by atoms with Gasteiger partial charge in [-0.15, -0.1) is 0 Å². The van der Waals surface area contributed by atoms with Crippen LogP contribution in [-0.2, 0) is 18.9 Å². The standard InChI is InChI=1S/C17H28N2O4/c1-7-20-16(21-8-2)14(13(5)6)15(11-18,12-19)17(16,22-9-3)23-10-4/h13-14H,7-10H2,1-6H3/t14-/m1/s1. The third kappa shape index (κ3) is 2.45. The van der Waals surface area contributed by atoms with Crippen LogP contribution in [-0.4, -0.2) is 38.0 Å². The predicted molar refractivity (Wildman–Crippen MR) is 84.0 cm³/mol. The lowest BCUT2D eigenvalue weighted by molar-refractivity contribution is -0.517. The molecule has 1 rings (SSSR count). The van der Waals surface area contributed by atoms with Crippen molar-refractivity contribution in [2.45, 2.75) is 53.1 Å². The Morgan fingerprint density at radius 1 is 0.826 bits per heavy atom. The molecule has 0 heterocycles. The van der Waals surface area contributed by atoms with Crippen LogP contribution in [0.3, 0.4) is 0 Å². The van der Waals surface area contributed by atoms with E-state index in [9.17, 15) is 10.5 Å². The fourth-order valence-electron chi connectivity index (χ4n) is 3.86. The van der Waals surface area contributed by atoms with Gasteiger partial charge in [0.2, 0.25) is 11.2 Å². The molecule has 1 fully saturated rings. The van der Waals surface area contributed by atoms with Crippen LogP contribution in [0.25, 0.3) is 0 Å². The molecule has 0 bridgehead atoms. The van der Waals surface area contributed by atoms with Gasteiger partial charge in [-0.3, -0.25) is 0 Å². The summed E-state index contributed by atoms with van der Waals surface area (Å²) < 4.78 is 23.7. The van der Waals surface area contributed by atoms with Gasteiger partial charge in [0, 0.05) is 26.4 Å². The molecule has 0 aromatic heterocycles. The lowest BCUT2D eigenvalue weighted by atomic mass is 9.48. The van der Waals surface area contributed by atoms with Gasteiger partial charge in [0.1, 0.15) is 0 Å². The van der Waals surface area contributed by atoms with Crippen LogP contribution in [0.5, 0.6) is 0 Å². The Balaban J connectivity index is 3.65. The van der Waals surface area contributed by atoms with Gasteiger partial charge >= 0.3 is 0 Å². The maximum absolute atomic E-state index is 9.87. The summed E-state index contributed by atoms with van der Waals surface area (Å²) >= 11 is 0. The first-order valence-corrected chi connectivity index (χ1v) is 8.31. The van der Waals surface area contributed by atoms with Crippen LogP contribution in [0.1, 0.15) is 41.5 Å². The van der Waals surface area contributed by atoms with E-state index in [0.29, 0.717) is 13.2 Å². The summed E-state index contributed by atoms with van der Waals surface area (Å²) in [5.74, 6) is -3.35. The summed E-state index contributed by atoms with van der Waals surface area (Å²) in [7, 11) is 0. The van der Waals surface area contributed by atoms with Crippen LogP contribution in [0.4, 0.5) is 0 Å². The minimum Gasteiger partial charge on any atom is -0.345 e. The average molecular weight is 324 g/mol. The Hall–Kier alpha value is -1.18. The van der Waals surface area contributed by atoms with E-state index in [0.717, 1.165) is 0 Å². The average Bonchev–Trinajstić information content (AvgIpc) is 2.51. The first-order valence-electron chi connectivity index (χ1n) is 8.31. The molecule has 0 amide bonds. The highest BCUT2D eigenvalue weighted by atomic mass is 16.8. The zero-order chi connectivity index (χ0) is 17.7. The van der Waals surface area contributed by atoms with Crippen molar-refractivity contribution < 1.29 is 18.9 Å². The van der Waals surface area contributed by atoms with Crippen molar-refractivity contribution in [1.82, 2.24) is 0 Å². The van der Waals surface area contributed by atoms with E-state index in [4.69, 9.17) is 18.9 Å². The largest absolute Gasteiger partial charge is 0.345 e. The highest BCUT2D eigenvalue weighted by Gasteiger charge is 2.87. The minimum atomic E-state index is -1.56. The summed E-state index contributed by atoms with van der Waals surface area (Å²) in [6.45, 7) is 12.5. The van der Waals surface area contributed by atoms with Gasteiger partial charge in [0.15, 0.2) is 0 Å². The molecule has 0 spiro atoms. The highest BCUT2D eigenvalue weighted by molar-refractivity contribution is 5.37. The topological polar surface area (TPSA) is 84.5 Å². The van der Waals surface area contributed by atoms with Gasteiger partial charge < -0.3 is 18.9 Å². The van der Waals surface area contributed by atoms with Crippen molar-refractivity contribution in [3.8, 4) is 12.1 Å². The Morgan fingerprint density at radius 3 is 1.48 bits per heavy atom. The van der Waals surface area contributed by atoms with E-state index in [2.05, 4.69) is 12.1 Å². The molecular weight excluding hydrogens is 296 g/mol. The second-order valence-electron chi connectivity index (χ2n) is 5.77. The molecule has 130 valence electrons. The summed E-state index contributed by atoms with van der Waals surface area (Å²) in [4.78, 5) is 0. The van der Waals surface area contributed by atoms with Crippen molar-refractivity contribution in [2.24, 2.45) is 17.3 Å². The van der Waals surface area contributed by atoms with Gasteiger partial charge in [-0.25, -0.2) is 0 Å². The van der Waals surface area contributed by atoms with E-state index >= 15 is 0 Å². The molecule has 1 aliphatic carbocycles. The van der Waals surface area contributed by atoms with E-state index in [1.165, 1.54) is 0 Å². The van der Waals surface area contributed by atoms with Crippen LogP contribution in [0, 0.1) is 39.9 Å². The molecule has 0 aromatic rings. The summed E-state index contributed by atoms with van der Waals surface area (Å²) in [5, 5.41) is 19.7. The van der Waals surface area contributed by atoms with Crippen molar-refractivity contribution in [2.75, 3.05) is 26.4 Å². The van der Waals surface area contributed by atoms with Crippen LogP contribution < -0.4 is 0 Å². The summed E-state index contributed by atoms with van der Waals surface area (Å²) in [6, 6.07) is 4.31. The molecule has 0 N–H and O–H groups in total. The third-order valence-corrected chi connectivity index (χ3v) is 4.29. The second-order valence-corrected chi connectivity index (χ2v) is 5.77. The molecule has 1 aliphatic rings. The fraction of sp³-hybridized carbons (Fsp3) is 0.882. The first-order chi connectivity index (χ1) is 10.9. The Bertz CT molecular complexity index is 452. The molecule has 1 saturated carbocycles. The van der Waals surface area contributed by atoms with Gasteiger partial charge in [-0.1, -0.05) is 13.8 Å². The van der Waals surface area contributed by atoms with Crippen molar-refractivity contribution in [3.05, 3.63) is 0 Å². The van der Waals surface area contributed by atoms with E-state index in [-0.39, 0.29) is 19.1 Å². The lowest BCUT2D eigenvalue weighted by Gasteiger charge is -2.67. The molecule has 6 heteroatoms. The first kappa shape index (κ1) is 19.9. The van der Waals surface area contributed by atoms with Gasteiger partial charge in [0.25, 0.3) is 5.79 Å². The number of hydrogen-bond donors (Lipinski definition) is 0. The summed E-state index contributed by atoms with van der Waals surface area (Å²) in [5.41, 5.74) is -1.49. The number of nitrogens with zero attached hydrogens (tertiary/aromatic N) is 2. The quantitative estimate of drug-likeness (QED) is 0.606. The third-order valence-electron chi connectivity index (χ3n) is 4.29. The molecule has 6 nitrogen and oxygen atoms in total. The lowest BCUT2D eigenvalue weighted by Crippen LogP contribution is -2.85. The maximum atomic E-state index is 9.87. The smallest absolute Gasteiger partial charge is 0.257 e. The molecule has 0 radical (unpaired) electrons. The Morgan fingerprint density at radius 2 is 1.22 bits per heavy atom. The Labute approximate surface area is 139 Å². The predicted octanol–water partition coefficient (Wildman–Crippen LogP) is 2.84. The SMILES string of the molecule is CCOC1(OCC)[C@H](C(C)C)C(C#N)(C#N)C1(OCC)OCC. The maximum Gasteiger partial charge on any atom is 0.257 e. The molecule has 0 aromatic carbocycles. The van der Waals surface area contributed by atoms with Crippen LogP contribution in [0.2, 0.25) is 0 Å². The number of rotatable bonds is 9. The summed E-state index contributed by atoms with van der Waals surface area (Å²) in [6.07, 6.45) is 0.